The molecule has 0 saturated carbocycles. The van der Waals surface area contributed by atoms with Crippen LogP contribution in [-0.2, 0) is 6.54 Å². The molecule has 1 atom stereocenters. The number of nitrogens with zero attached hydrogens (tertiary/aromatic N) is 3. The lowest BCUT2D eigenvalue weighted by molar-refractivity contribution is 0.0938. The van der Waals surface area contributed by atoms with Crippen molar-refractivity contribution in [3.8, 4) is 5.88 Å². The molecule has 8 heteroatoms. The predicted molar refractivity (Wildman–Crippen MR) is 80.8 cm³/mol. The molecule has 0 aliphatic carbocycles. The van der Waals surface area contributed by atoms with Gasteiger partial charge in [-0.2, -0.15) is 16.7 Å². The van der Waals surface area contributed by atoms with Crippen molar-refractivity contribution < 1.29 is 14.1 Å². The van der Waals surface area contributed by atoms with Gasteiger partial charge in [-0.3, -0.25) is 4.79 Å². The number of ether oxygens (including phenoxy) is 1. The molecule has 3 rings (SSSR count). The molecule has 0 radical (unpaired) electrons. The van der Waals surface area contributed by atoms with Crippen LogP contribution in [0.5, 0.6) is 5.88 Å². The molecule has 1 saturated heterocycles. The van der Waals surface area contributed by atoms with Crippen molar-refractivity contribution in [1.29, 1.82) is 0 Å². The predicted octanol–water partition coefficient (Wildman–Crippen LogP) is 1.59. The van der Waals surface area contributed by atoms with Crippen LogP contribution in [0.4, 0.5) is 0 Å². The maximum atomic E-state index is 12.3. The van der Waals surface area contributed by atoms with Gasteiger partial charge in [0, 0.05) is 11.9 Å². The van der Waals surface area contributed by atoms with E-state index in [4.69, 9.17) is 9.26 Å². The molecule has 1 aliphatic rings. The Morgan fingerprint density at radius 3 is 3.23 bits per heavy atom. The van der Waals surface area contributed by atoms with Crippen LogP contribution in [0.25, 0.3) is 0 Å². The second-order valence-corrected chi connectivity index (χ2v) is 6.03. The minimum Gasteiger partial charge on any atom is -0.473 e. The summed E-state index contributed by atoms with van der Waals surface area (Å²) in [4.78, 5) is 20.5. The van der Waals surface area contributed by atoms with Crippen LogP contribution in [0, 0.1) is 6.92 Å². The van der Waals surface area contributed by atoms with E-state index in [1.165, 1.54) is 0 Å². The Morgan fingerprint density at radius 1 is 1.59 bits per heavy atom. The standard InChI is InChI=1S/C14H16N4O3S/c1-9-17-12(21-18-9)7-16-13(19)11-3-2-5-15-14(11)20-10-4-6-22-8-10/h2-3,5,10H,4,6-8H2,1H3,(H,16,19). The molecule has 1 N–H and O–H groups in total. The van der Waals surface area contributed by atoms with E-state index in [1.807, 2.05) is 11.8 Å². The van der Waals surface area contributed by atoms with Crippen molar-refractivity contribution in [3.63, 3.8) is 0 Å². The van der Waals surface area contributed by atoms with Gasteiger partial charge in [-0.05, 0) is 31.2 Å². The third-order valence-corrected chi connectivity index (χ3v) is 4.28. The van der Waals surface area contributed by atoms with Crippen molar-refractivity contribution in [2.45, 2.75) is 26.0 Å². The van der Waals surface area contributed by atoms with Gasteiger partial charge in [-0.15, -0.1) is 0 Å². The monoisotopic (exact) mass is 320 g/mol. The molecule has 22 heavy (non-hydrogen) atoms. The highest BCUT2D eigenvalue weighted by Crippen LogP contribution is 2.24. The van der Waals surface area contributed by atoms with Crippen LogP contribution in [0.15, 0.2) is 22.9 Å². The van der Waals surface area contributed by atoms with Gasteiger partial charge in [0.2, 0.25) is 11.8 Å². The summed E-state index contributed by atoms with van der Waals surface area (Å²) in [6.45, 7) is 1.90. The number of pyridine rings is 1. The molecule has 1 aliphatic heterocycles. The highest BCUT2D eigenvalue weighted by Gasteiger charge is 2.21. The number of hydrogen-bond acceptors (Lipinski definition) is 7. The summed E-state index contributed by atoms with van der Waals surface area (Å²) in [5, 5.41) is 6.41. The average Bonchev–Trinajstić information content (AvgIpc) is 3.17. The maximum Gasteiger partial charge on any atom is 0.257 e. The lowest BCUT2D eigenvalue weighted by Crippen LogP contribution is -2.25. The molecular weight excluding hydrogens is 304 g/mol. The van der Waals surface area contributed by atoms with Gasteiger partial charge in [0.15, 0.2) is 5.82 Å². The topological polar surface area (TPSA) is 90.1 Å². The minimum absolute atomic E-state index is 0.116. The van der Waals surface area contributed by atoms with Crippen molar-refractivity contribution >= 4 is 17.7 Å². The van der Waals surface area contributed by atoms with E-state index in [9.17, 15) is 4.79 Å². The first kappa shape index (κ1) is 14.8. The molecule has 0 aromatic carbocycles. The van der Waals surface area contributed by atoms with E-state index in [2.05, 4.69) is 20.4 Å². The zero-order valence-corrected chi connectivity index (χ0v) is 12.9. The molecule has 1 amide bonds. The molecule has 2 aromatic heterocycles. The molecule has 3 heterocycles. The second-order valence-electron chi connectivity index (χ2n) is 4.88. The summed E-state index contributed by atoms with van der Waals surface area (Å²) in [5.41, 5.74) is 0.413. The third kappa shape index (κ3) is 3.56. The molecule has 2 aromatic rings. The molecule has 0 spiro atoms. The first-order chi connectivity index (χ1) is 10.7. The normalized spacial score (nSPS) is 17.4. The summed E-state index contributed by atoms with van der Waals surface area (Å²) >= 11 is 1.84. The van der Waals surface area contributed by atoms with E-state index in [1.54, 1.807) is 25.3 Å². The Hall–Kier alpha value is -2.09. The van der Waals surface area contributed by atoms with E-state index in [-0.39, 0.29) is 18.6 Å². The minimum atomic E-state index is -0.274. The molecule has 0 bridgehead atoms. The molecular formula is C14H16N4O3S. The molecule has 1 unspecified atom stereocenters. The lowest BCUT2D eigenvalue weighted by Gasteiger charge is -2.14. The molecule has 1 fully saturated rings. The summed E-state index contributed by atoms with van der Waals surface area (Å²) in [6, 6.07) is 3.40. The van der Waals surface area contributed by atoms with Gasteiger partial charge in [-0.25, -0.2) is 4.98 Å². The van der Waals surface area contributed by atoms with E-state index >= 15 is 0 Å². The Kier molecular flexibility index (Phi) is 4.57. The number of carbonyl (C=O) groups excluding carboxylic acids is 1. The highest BCUT2D eigenvalue weighted by atomic mass is 32.2. The number of amides is 1. The Labute approximate surface area is 131 Å². The largest absolute Gasteiger partial charge is 0.473 e. The maximum absolute atomic E-state index is 12.3. The van der Waals surface area contributed by atoms with Crippen LogP contribution < -0.4 is 10.1 Å². The number of nitrogens with one attached hydrogen (secondary N) is 1. The van der Waals surface area contributed by atoms with E-state index < -0.39 is 0 Å². The van der Waals surface area contributed by atoms with E-state index in [0.717, 1.165) is 17.9 Å². The number of aromatic nitrogens is 3. The SMILES string of the molecule is Cc1noc(CNC(=O)c2cccnc2OC2CCSC2)n1. The number of thioether (sulfide) groups is 1. The van der Waals surface area contributed by atoms with Gasteiger partial charge in [0.05, 0.1) is 6.54 Å². The fourth-order valence-corrected chi connectivity index (χ4v) is 3.18. The van der Waals surface area contributed by atoms with Crippen molar-refractivity contribution in [1.82, 2.24) is 20.4 Å². The van der Waals surface area contributed by atoms with Crippen LogP contribution in [0.3, 0.4) is 0 Å². The van der Waals surface area contributed by atoms with Crippen LogP contribution >= 0.6 is 11.8 Å². The number of rotatable bonds is 5. The third-order valence-electron chi connectivity index (χ3n) is 3.15. The summed E-state index contributed by atoms with van der Waals surface area (Å²) in [6.07, 6.45) is 2.71. The zero-order chi connectivity index (χ0) is 15.4. The first-order valence-electron chi connectivity index (χ1n) is 6.99. The van der Waals surface area contributed by atoms with Crippen LogP contribution in [0.2, 0.25) is 0 Å². The van der Waals surface area contributed by atoms with Gasteiger partial charge >= 0.3 is 0 Å². The average molecular weight is 320 g/mol. The van der Waals surface area contributed by atoms with E-state index in [0.29, 0.717) is 23.2 Å². The number of carbonyl (C=O) groups is 1. The molecule has 7 nitrogen and oxygen atoms in total. The van der Waals surface area contributed by atoms with Crippen molar-refractivity contribution in [2.24, 2.45) is 0 Å². The van der Waals surface area contributed by atoms with Crippen LogP contribution in [0.1, 0.15) is 28.5 Å². The second kappa shape index (κ2) is 6.78. The summed E-state index contributed by atoms with van der Waals surface area (Å²) in [5.74, 6) is 3.01. The fourth-order valence-electron chi connectivity index (χ4n) is 2.08. The fraction of sp³-hybridized carbons (Fsp3) is 0.429. The Bertz CT molecular complexity index is 655. The smallest absolute Gasteiger partial charge is 0.257 e. The summed E-state index contributed by atoms with van der Waals surface area (Å²) < 4.78 is 10.8. The number of aryl methyl sites for hydroxylation is 1. The highest BCUT2D eigenvalue weighted by molar-refractivity contribution is 7.99. The Balaban J connectivity index is 1.66. The van der Waals surface area contributed by atoms with Gasteiger partial charge < -0.3 is 14.6 Å². The quantitative estimate of drug-likeness (QED) is 0.894. The van der Waals surface area contributed by atoms with Gasteiger partial charge in [0.25, 0.3) is 5.91 Å². The van der Waals surface area contributed by atoms with Crippen LogP contribution in [-0.4, -0.2) is 38.6 Å². The van der Waals surface area contributed by atoms with Gasteiger partial charge in [-0.1, -0.05) is 5.16 Å². The molecule has 116 valence electrons. The summed E-state index contributed by atoms with van der Waals surface area (Å²) in [7, 11) is 0. The van der Waals surface area contributed by atoms with Gasteiger partial charge in [0.1, 0.15) is 11.7 Å². The lowest BCUT2D eigenvalue weighted by atomic mass is 10.2. The van der Waals surface area contributed by atoms with Crippen molar-refractivity contribution in [2.75, 3.05) is 11.5 Å². The first-order valence-corrected chi connectivity index (χ1v) is 8.14. The Morgan fingerprint density at radius 2 is 2.50 bits per heavy atom. The zero-order valence-electron chi connectivity index (χ0n) is 12.1. The van der Waals surface area contributed by atoms with Crippen molar-refractivity contribution in [3.05, 3.63) is 35.6 Å². The number of hydrogen-bond donors (Lipinski definition) is 1.